The molecular weight excluding hydrogens is 280 g/mol. The number of hydrogen-bond acceptors (Lipinski definition) is 3. The maximum Gasteiger partial charge on any atom is 0.254 e. The van der Waals surface area contributed by atoms with Gasteiger partial charge in [-0.15, -0.1) is 0 Å². The van der Waals surface area contributed by atoms with Crippen LogP contribution in [0.3, 0.4) is 0 Å². The van der Waals surface area contributed by atoms with Crippen LogP contribution in [0.5, 0.6) is 5.75 Å². The summed E-state index contributed by atoms with van der Waals surface area (Å²) >= 11 is 0. The molecule has 5 nitrogen and oxygen atoms in total. The minimum absolute atomic E-state index is 0.0264. The van der Waals surface area contributed by atoms with Gasteiger partial charge in [-0.2, -0.15) is 0 Å². The zero-order valence-electron chi connectivity index (χ0n) is 13.0. The van der Waals surface area contributed by atoms with Crippen molar-refractivity contribution in [3.8, 4) is 5.75 Å². The van der Waals surface area contributed by atoms with Crippen LogP contribution in [0.1, 0.15) is 43.8 Å². The molecule has 5 heteroatoms. The van der Waals surface area contributed by atoms with Crippen LogP contribution in [0.2, 0.25) is 0 Å². The van der Waals surface area contributed by atoms with Crippen molar-refractivity contribution in [2.24, 2.45) is 5.92 Å². The summed E-state index contributed by atoms with van der Waals surface area (Å²) in [7, 11) is 0. The van der Waals surface area contributed by atoms with Crippen LogP contribution < -0.4 is 10.3 Å². The van der Waals surface area contributed by atoms with E-state index < -0.39 is 0 Å². The van der Waals surface area contributed by atoms with Crippen LogP contribution in [0.4, 0.5) is 0 Å². The van der Waals surface area contributed by atoms with Crippen molar-refractivity contribution in [3.05, 3.63) is 28.2 Å². The van der Waals surface area contributed by atoms with E-state index in [1.807, 2.05) is 22.5 Å². The van der Waals surface area contributed by atoms with Gasteiger partial charge < -0.3 is 14.2 Å². The highest BCUT2D eigenvalue weighted by Crippen LogP contribution is 2.35. The summed E-state index contributed by atoms with van der Waals surface area (Å²) in [6.45, 7) is 3.26. The highest BCUT2D eigenvalue weighted by Gasteiger charge is 2.35. The standard InChI is InChI=1S/C17H22N2O3/c1-11-6-14(8-17(21)19(11)13-4-5-13)22-15-9-18(10-15)16(20)7-12-2-3-12/h6,8,12-13,15H,2-5,7,9-10H2,1H3. The second kappa shape index (κ2) is 5.14. The van der Waals surface area contributed by atoms with Crippen molar-refractivity contribution in [2.45, 2.75) is 51.2 Å². The van der Waals surface area contributed by atoms with E-state index in [1.165, 1.54) is 12.8 Å². The molecule has 0 radical (unpaired) electrons. The highest BCUT2D eigenvalue weighted by atomic mass is 16.5. The summed E-state index contributed by atoms with van der Waals surface area (Å²) in [5.41, 5.74) is 0.990. The number of nitrogens with zero attached hydrogens (tertiary/aromatic N) is 2. The third-order valence-corrected chi connectivity index (χ3v) is 4.81. The molecule has 0 unspecified atom stereocenters. The zero-order chi connectivity index (χ0) is 15.3. The van der Waals surface area contributed by atoms with E-state index in [2.05, 4.69) is 0 Å². The van der Waals surface area contributed by atoms with Gasteiger partial charge >= 0.3 is 0 Å². The molecule has 0 spiro atoms. The van der Waals surface area contributed by atoms with E-state index in [9.17, 15) is 9.59 Å². The molecule has 1 aromatic heterocycles. The number of aromatic nitrogens is 1. The Morgan fingerprint density at radius 2 is 1.95 bits per heavy atom. The molecule has 2 saturated carbocycles. The van der Waals surface area contributed by atoms with Gasteiger partial charge in [-0.25, -0.2) is 0 Å². The Labute approximate surface area is 129 Å². The van der Waals surface area contributed by atoms with E-state index in [4.69, 9.17) is 4.74 Å². The molecule has 1 saturated heterocycles. The van der Waals surface area contributed by atoms with E-state index >= 15 is 0 Å². The normalized spacial score (nSPS) is 21.6. The Balaban J connectivity index is 1.34. The molecule has 0 N–H and O–H groups in total. The molecule has 0 atom stereocenters. The van der Waals surface area contributed by atoms with E-state index in [1.54, 1.807) is 6.07 Å². The van der Waals surface area contributed by atoms with Gasteiger partial charge in [0.1, 0.15) is 11.9 Å². The summed E-state index contributed by atoms with van der Waals surface area (Å²) in [6.07, 6.45) is 5.33. The number of likely N-dealkylation sites (tertiary alicyclic amines) is 1. The van der Waals surface area contributed by atoms with Crippen molar-refractivity contribution in [3.63, 3.8) is 0 Å². The van der Waals surface area contributed by atoms with Gasteiger partial charge in [0, 0.05) is 24.2 Å². The van der Waals surface area contributed by atoms with Crippen molar-refractivity contribution < 1.29 is 9.53 Å². The molecule has 22 heavy (non-hydrogen) atoms. The number of hydrogen-bond donors (Lipinski definition) is 0. The average Bonchev–Trinajstić information content (AvgIpc) is 3.26. The summed E-state index contributed by atoms with van der Waals surface area (Å²) in [5, 5.41) is 0. The van der Waals surface area contributed by atoms with Crippen LogP contribution in [0, 0.1) is 12.8 Å². The van der Waals surface area contributed by atoms with Crippen molar-refractivity contribution >= 4 is 5.91 Å². The summed E-state index contributed by atoms with van der Waals surface area (Å²) in [6, 6.07) is 3.91. The number of carbonyl (C=O) groups is 1. The smallest absolute Gasteiger partial charge is 0.254 e. The van der Waals surface area contributed by atoms with Crippen LogP contribution in [0.25, 0.3) is 0 Å². The van der Waals surface area contributed by atoms with Gasteiger partial charge in [0.05, 0.1) is 13.1 Å². The molecule has 0 bridgehead atoms. The van der Waals surface area contributed by atoms with Gasteiger partial charge in [0.25, 0.3) is 5.56 Å². The molecule has 4 rings (SSSR count). The van der Waals surface area contributed by atoms with Gasteiger partial charge in [-0.1, -0.05) is 0 Å². The molecule has 3 fully saturated rings. The Morgan fingerprint density at radius 1 is 1.23 bits per heavy atom. The third kappa shape index (κ3) is 2.76. The Morgan fingerprint density at radius 3 is 2.55 bits per heavy atom. The molecular formula is C17H22N2O3. The van der Waals surface area contributed by atoms with Crippen LogP contribution in [-0.2, 0) is 4.79 Å². The zero-order valence-corrected chi connectivity index (χ0v) is 13.0. The van der Waals surface area contributed by atoms with Crippen molar-refractivity contribution in [1.29, 1.82) is 0 Å². The molecule has 1 aromatic rings. The maximum absolute atomic E-state index is 12.1. The van der Waals surface area contributed by atoms with Crippen LogP contribution in [0.15, 0.2) is 16.9 Å². The van der Waals surface area contributed by atoms with Gasteiger partial charge in [0.15, 0.2) is 0 Å². The SMILES string of the molecule is Cc1cc(OC2CN(C(=O)CC3CC3)C2)cc(=O)n1C1CC1. The molecule has 3 aliphatic rings. The van der Waals surface area contributed by atoms with Gasteiger partial charge in [-0.3, -0.25) is 9.59 Å². The average molecular weight is 302 g/mol. The number of amides is 1. The Bertz CT molecular complexity index is 652. The van der Waals surface area contributed by atoms with Crippen molar-refractivity contribution in [2.75, 3.05) is 13.1 Å². The van der Waals surface area contributed by atoms with E-state index in [0.717, 1.165) is 18.5 Å². The first-order chi connectivity index (χ1) is 10.6. The number of rotatable bonds is 5. The minimum atomic E-state index is 0.0264. The van der Waals surface area contributed by atoms with Gasteiger partial charge in [0.2, 0.25) is 5.91 Å². The predicted octanol–water partition coefficient (Wildman–Crippen LogP) is 1.88. The molecule has 0 aromatic carbocycles. The van der Waals surface area contributed by atoms with Crippen molar-refractivity contribution in [1.82, 2.24) is 9.47 Å². The summed E-state index contributed by atoms with van der Waals surface area (Å²) in [5.74, 6) is 1.52. The lowest BCUT2D eigenvalue weighted by molar-refractivity contribution is -0.140. The van der Waals surface area contributed by atoms with Crippen LogP contribution in [-0.4, -0.2) is 34.6 Å². The Kier molecular flexibility index (Phi) is 3.24. The Hall–Kier alpha value is -1.78. The number of ether oxygens (including phenoxy) is 1. The number of pyridine rings is 1. The summed E-state index contributed by atoms with van der Waals surface area (Å²) in [4.78, 5) is 25.9. The predicted molar refractivity (Wildman–Crippen MR) is 82.0 cm³/mol. The molecule has 1 amide bonds. The molecule has 1 aliphatic heterocycles. The fraction of sp³-hybridized carbons (Fsp3) is 0.647. The summed E-state index contributed by atoms with van der Waals surface area (Å²) < 4.78 is 7.72. The number of aryl methyl sites for hydroxylation is 1. The fourth-order valence-electron chi connectivity index (χ4n) is 3.16. The largest absolute Gasteiger partial charge is 0.486 e. The first kappa shape index (κ1) is 13.9. The maximum atomic E-state index is 12.1. The lowest BCUT2D eigenvalue weighted by Crippen LogP contribution is -2.56. The first-order valence-electron chi connectivity index (χ1n) is 8.28. The number of carbonyl (C=O) groups excluding carboxylic acids is 1. The highest BCUT2D eigenvalue weighted by molar-refractivity contribution is 5.77. The minimum Gasteiger partial charge on any atom is -0.486 e. The van der Waals surface area contributed by atoms with Crippen LogP contribution >= 0.6 is 0 Å². The lowest BCUT2D eigenvalue weighted by atomic mass is 10.1. The third-order valence-electron chi connectivity index (χ3n) is 4.81. The first-order valence-corrected chi connectivity index (χ1v) is 8.28. The topological polar surface area (TPSA) is 51.5 Å². The van der Waals surface area contributed by atoms with Gasteiger partial charge in [-0.05, 0) is 44.6 Å². The second-order valence-corrected chi connectivity index (χ2v) is 6.96. The lowest BCUT2D eigenvalue weighted by Gasteiger charge is -2.39. The van der Waals surface area contributed by atoms with E-state index in [0.29, 0.717) is 37.2 Å². The molecule has 2 heterocycles. The molecule has 2 aliphatic carbocycles. The molecule has 118 valence electrons. The van der Waals surface area contributed by atoms with E-state index in [-0.39, 0.29) is 17.6 Å². The second-order valence-electron chi connectivity index (χ2n) is 6.96. The quantitative estimate of drug-likeness (QED) is 0.834. The fourth-order valence-corrected chi connectivity index (χ4v) is 3.16. The monoisotopic (exact) mass is 302 g/mol.